The molecule has 0 radical (unpaired) electrons. The van der Waals surface area contributed by atoms with Crippen LogP contribution in [0.25, 0.3) is 10.2 Å². The number of para-hydroxylation sites is 1. The van der Waals surface area contributed by atoms with Crippen LogP contribution in [0.5, 0.6) is 5.75 Å². The number of benzene rings is 2. The van der Waals surface area contributed by atoms with Crippen LogP contribution < -0.4 is 4.74 Å². The molecule has 0 N–H and O–H groups in total. The number of rotatable bonds is 4. The monoisotopic (exact) mass is 446 g/mol. The zero-order valence-corrected chi connectivity index (χ0v) is 17.4. The van der Waals surface area contributed by atoms with Crippen LogP contribution in [0.15, 0.2) is 60.0 Å². The fraction of sp³-hybridized carbons (Fsp3) is 0.227. The summed E-state index contributed by atoms with van der Waals surface area (Å²) in [6, 6.07) is 16.4. The molecule has 2 aromatic carbocycles. The third kappa shape index (κ3) is 3.95. The fourth-order valence-corrected chi connectivity index (χ4v) is 5.84. The second-order valence-electron chi connectivity index (χ2n) is 7.11. The second kappa shape index (κ2) is 7.68. The highest BCUT2D eigenvalue weighted by molar-refractivity contribution is 7.18. The van der Waals surface area contributed by atoms with Gasteiger partial charge in [0.25, 0.3) is 0 Å². The summed E-state index contributed by atoms with van der Waals surface area (Å²) in [5.41, 5.74) is 3.16. The summed E-state index contributed by atoms with van der Waals surface area (Å²) in [4.78, 5) is 8.45. The van der Waals surface area contributed by atoms with Crippen molar-refractivity contribution in [3.63, 3.8) is 0 Å². The van der Waals surface area contributed by atoms with Gasteiger partial charge in [-0.05, 0) is 53.3 Å². The summed E-state index contributed by atoms with van der Waals surface area (Å²) >= 11 is 3.42. The Morgan fingerprint density at radius 1 is 1.07 bits per heavy atom. The third-order valence-electron chi connectivity index (χ3n) is 5.17. The Morgan fingerprint density at radius 2 is 1.87 bits per heavy atom. The van der Waals surface area contributed by atoms with Gasteiger partial charge in [-0.2, -0.15) is 0 Å². The number of hydrogen-bond acceptors (Lipinski definition) is 5. The van der Waals surface area contributed by atoms with Gasteiger partial charge in [0.05, 0.1) is 22.8 Å². The number of hydrogen-bond donors (Lipinski definition) is 0. The molecule has 0 unspecified atom stereocenters. The van der Waals surface area contributed by atoms with E-state index in [9.17, 15) is 13.2 Å². The van der Waals surface area contributed by atoms with Crippen molar-refractivity contribution < 1.29 is 17.9 Å². The van der Waals surface area contributed by atoms with Crippen LogP contribution in [0, 0.1) is 0 Å². The molecular formula is C22H17F3N2OS2. The molecule has 1 aliphatic rings. The first-order valence-corrected chi connectivity index (χ1v) is 11.2. The van der Waals surface area contributed by atoms with Gasteiger partial charge >= 0.3 is 6.36 Å². The Kier molecular flexibility index (Phi) is 5.00. The van der Waals surface area contributed by atoms with Crippen molar-refractivity contribution in [1.29, 1.82) is 0 Å². The van der Waals surface area contributed by atoms with E-state index in [0.29, 0.717) is 6.54 Å². The van der Waals surface area contributed by atoms with Gasteiger partial charge in [-0.1, -0.05) is 24.3 Å². The number of halogens is 3. The van der Waals surface area contributed by atoms with Gasteiger partial charge in [0, 0.05) is 11.4 Å². The highest BCUT2D eigenvalue weighted by Gasteiger charge is 2.32. The van der Waals surface area contributed by atoms with Gasteiger partial charge in [-0.25, -0.2) is 4.98 Å². The number of fused-ring (bicyclic) bond motifs is 2. The summed E-state index contributed by atoms with van der Waals surface area (Å²) in [6.45, 7) is 1.56. The largest absolute Gasteiger partial charge is 0.573 e. The normalized spacial score (nSPS) is 17.2. The smallest absolute Gasteiger partial charge is 0.406 e. The van der Waals surface area contributed by atoms with Gasteiger partial charge in [0.2, 0.25) is 0 Å². The summed E-state index contributed by atoms with van der Waals surface area (Å²) in [6.07, 6.45) is -3.73. The lowest BCUT2D eigenvalue weighted by Gasteiger charge is -2.35. The van der Waals surface area contributed by atoms with Crippen molar-refractivity contribution in [1.82, 2.24) is 9.88 Å². The fourth-order valence-electron chi connectivity index (χ4n) is 3.94. The van der Waals surface area contributed by atoms with Crippen LogP contribution in [0.3, 0.4) is 0 Å². The van der Waals surface area contributed by atoms with Gasteiger partial charge in [0.15, 0.2) is 0 Å². The summed E-state index contributed by atoms with van der Waals surface area (Å²) in [7, 11) is 0. The van der Waals surface area contributed by atoms with Crippen LogP contribution in [0.2, 0.25) is 0 Å². The first-order chi connectivity index (χ1) is 14.5. The Hall–Kier alpha value is -2.42. The highest BCUT2D eigenvalue weighted by atomic mass is 32.1. The average molecular weight is 447 g/mol. The molecule has 0 spiro atoms. The molecule has 1 aliphatic heterocycles. The van der Waals surface area contributed by atoms with E-state index >= 15 is 0 Å². The molecule has 3 nitrogen and oxygen atoms in total. The van der Waals surface area contributed by atoms with E-state index in [2.05, 4.69) is 27.1 Å². The average Bonchev–Trinajstić information content (AvgIpc) is 3.33. The first-order valence-electron chi connectivity index (χ1n) is 9.47. The van der Waals surface area contributed by atoms with E-state index in [1.165, 1.54) is 22.6 Å². The Labute approximate surface area is 179 Å². The molecular weight excluding hydrogens is 429 g/mol. The van der Waals surface area contributed by atoms with Gasteiger partial charge in [0.1, 0.15) is 10.8 Å². The number of alkyl halides is 3. The van der Waals surface area contributed by atoms with Crippen molar-refractivity contribution in [2.24, 2.45) is 0 Å². The molecule has 30 heavy (non-hydrogen) atoms. The van der Waals surface area contributed by atoms with E-state index in [4.69, 9.17) is 4.98 Å². The number of thiazole rings is 1. The molecule has 0 bridgehead atoms. The lowest BCUT2D eigenvalue weighted by molar-refractivity contribution is -0.274. The molecule has 5 rings (SSSR count). The van der Waals surface area contributed by atoms with Crippen molar-refractivity contribution in [3.8, 4) is 5.75 Å². The molecule has 0 fully saturated rings. The Balaban J connectivity index is 1.46. The lowest BCUT2D eigenvalue weighted by atomic mass is 9.93. The molecule has 8 heteroatoms. The summed E-state index contributed by atoms with van der Waals surface area (Å²) in [5.74, 6) is -0.203. The van der Waals surface area contributed by atoms with Crippen LogP contribution in [0.1, 0.15) is 27.1 Å². The zero-order chi connectivity index (χ0) is 20.7. The molecule has 1 atom stereocenters. The van der Waals surface area contributed by atoms with E-state index in [-0.39, 0.29) is 11.8 Å². The maximum Gasteiger partial charge on any atom is 0.573 e. The maximum absolute atomic E-state index is 12.5. The Morgan fingerprint density at radius 3 is 2.63 bits per heavy atom. The SMILES string of the molecule is FC(F)(F)Oc1ccc([C@H]2c3ccsc3CCN2Cc2nc3ccccc3s2)cc1. The number of thiophene rings is 1. The quantitative estimate of drug-likeness (QED) is 0.363. The van der Waals surface area contributed by atoms with E-state index in [1.807, 2.05) is 18.2 Å². The van der Waals surface area contributed by atoms with Crippen molar-refractivity contribution >= 4 is 32.9 Å². The standard InChI is InChI=1S/C22H17F3N2OS2/c23-22(24,25)28-15-7-5-14(6-8-15)21-16-10-12-29-18(16)9-11-27(21)13-20-26-17-3-1-2-4-19(17)30-20/h1-8,10,12,21H,9,11,13H2/t21-/m0/s1. The summed E-state index contributed by atoms with van der Waals surface area (Å²) in [5, 5.41) is 3.12. The van der Waals surface area contributed by atoms with Gasteiger partial charge in [-0.3, -0.25) is 4.90 Å². The van der Waals surface area contributed by atoms with Gasteiger partial charge < -0.3 is 4.74 Å². The molecule has 0 saturated carbocycles. The van der Waals surface area contributed by atoms with Crippen LogP contribution in [-0.4, -0.2) is 22.8 Å². The topological polar surface area (TPSA) is 25.4 Å². The number of aromatic nitrogens is 1. The molecule has 0 saturated heterocycles. The molecule has 4 aromatic rings. The van der Waals surface area contributed by atoms with Crippen molar-refractivity contribution in [2.45, 2.75) is 25.4 Å². The van der Waals surface area contributed by atoms with Crippen molar-refractivity contribution in [3.05, 3.63) is 81.0 Å². The minimum absolute atomic E-state index is 0.0213. The van der Waals surface area contributed by atoms with E-state index in [1.54, 1.807) is 34.8 Å². The molecule has 0 aliphatic carbocycles. The minimum atomic E-state index is -4.69. The number of ether oxygens (including phenoxy) is 1. The van der Waals surface area contributed by atoms with E-state index in [0.717, 1.165) is 33.8 Å². The Bertz CT molecular complexity index is 1130. The zero-order valence-electron chi connectivity index (χ0n) is 15.7. The lowest BCUT2D eigenvalue weighted by Crippen LogP contribution is -2.34. The first kappa shape index (κ1) is 19.5. The van der Waals surface area contributed by atoms with Crippen LogP contribution in [-0.2, 0) is 13.0 Å². The van der Waals surface area contributed by atoms with Gasteiger partial charge in [-0.15, -0.1) is 35.8 Å². The molecule has 0 amide bonds. The maximum atomic E-state index is 12.5. The van der Waals surface area contributed by atoms with Crippen LogP contribution >= 0.6 is 22.7 Å². The van der Waals surface area contributed by atoms with E-state index < -0.39 is 6.36 Å². The van der Waals surface area contributed by atoms with Crippen LogP contribution in [0.4, 0.5) is 13.2 Å². The third-order valence-corrected chi connectivity index (χ3v) is 7.19. The molecule has 2 aromatic heterocycles. The molecule has 154 valence electrons. The predicted molar refractivity (Wildman–Crippen MR) is 113 cm³/mol. The minimum Gasteiger partial charge on any atom is -0.406 e. The second-order valence-corrected chi connectivity index (χ2v) is 9.23. The molecule has 3 heterocycles. The van der Waals surface area contributed by atoms with Crippen molar-refractivity contribution in [2.75, 3.05) is 6.54 Å². The predicted octanol–water partition coefficient (Wildman–Crippen LogP) is 6.40. The summed E-state index contributed by atoms with van der Waals surface area (Å²) < 4.78 is 42.7. The number of nitrogens with zero attached hydrogens (tertiary/aromatic N) is 2. The highest BCUT2D eigenvalue weighted by Crippen LogP contribution is 2.39.